The number of nitrogens with one attached hydrogen (secondary N) is 1. The minimum absolute atomic E-state index is 0.647. The van der Waals surface area contributed by atoms with Gasteiger partial charge in [0.25, 0.3) is 5.56 Å². The van der Waals surface area contributed by atoms with Gasteiger partial charge in [0, 0.05) is 31.9 Å². The summed E-state index contributed by atoms with van der Waals surface area (Å²) in [4.78, 5) is 34.7. The van der Waals surface area contributed by atoms with Gasteiger partial charge in [0.1, 0.15) is 34.0 Å². The van der Waals surface area contributed by atoms with Gasteiger partial charge in [-0.05, 0) is 0 Å². The van der Waals surface area contributed by atoms with E-state index in [1.165, 1.54) is 7.11 Å². The van der Waals surface area contributed by atoms with Crippen LogP contribution in [0.1, 0.15) is 6.23 Å². The molecule has 134 valence electrons. The first kappa shape index (κ1) is 20.1. The molecule has 2 rings (SSSR count). The van der Waals surface area contributed by atoms with Crippen LogP contribution in [0.3, 0.4) is 0 Å². The SMILES string of the molecule is [B]C([B])(O)C1OC(n2ccc(=O)[nH]c2=O)C(OC)C1OP(=O)(O)OC. The lowest BCUT2D eigenvalue weighted by Gasteiger charge is -2.31. The summed E-state index contributed by atoms with van der Waals surface area (Å²) in [5, 5.41) is 7.38. The Labute approximate surface area is 144 Å². The third kappa shape index (κ3) is 4.32. The molecule has 4 radical (unpaired) electrons. The van der Waals surface area contributed by atoms with Crippen LogP contribution in [-0.2, 0) is 23.1 Å². The van der Waals surface area contributed by atoms with Crippen LogP contribution in [0.2, 0.25) is 0 Å². The molecule has 1 aromatic rings. The van der Waals surface area contributed by atoms with E-state index < -0.39 is 49.0 Å². The average molecular weight is 372 g/mol. The Morgan fingerprint density at radius 1 is 1.36 bits per heavy atom. The number of ether oxygens (including phenoxy) is 2. The van der Waals surface area contributed by atoms with Gasteiger partial charge in [-0.25, -0.2) is 9.36 Å². The van der Waals surface area contributed by atoms with E-state index in [4.69, 9.17) is 29.7 Å². The molecule has 5 atom stereocenters. The van der Waals surface area contributed by atoms with Crippen molar-refractivity contribution in [1.29, 1.82) is 0 Å². The minimum Gasteiger partial charge on any atom is -0.406 e. The number of aromatic nitrogens is 2. The largest absolute Gasteiger partial charge is 0.472 e. The summed E-state index contributed by atoms with van der Waals surface area (Å²) < 4.78 is 32.6. The highest BCUT2D eigenvalue weighted by Crippen LogP contribution is 2.48. The van der Waals surface area contributed by atoms with E-state index in [1.54, 1.807) is 0 Å². The van der Waals surface area contributed by atoms with Crippen LogP contribution in [0.15, 0.2) is 21.9 Å². The lowest BCUT2D eigenvalue weighted by molar-refractivity contribution is -0.0792. The maximum atomic E-state index is 12.0. The molecule has 1 aliphatic heterocycles. The van der Waals surface area contributed by atoms with Crippen molar-refractivity contribution in [3.63, 3.8) is 0 Å². The van der Waals surface area contributed by atoms with Crippen LogP contribution < -0.4 is 11.2 Å². The van der Waals surface area contributed by atoms with Crippen molar-refractivity contribution in [2.24, 2.45) is 0 Å². The number of rotatable bonds is 6. The summed E-state index contributed by atoms with van der Waals surface area (Å²) in [7, 11) is 8.44. The summed E-state index contributed by atoms with van der Waals surface area (Å²) >= 11 is 0. The molecule has 0 amide bonds. The predicted molar refractivity (Wildman–Crippen MR) is 84.2 cm³/mol. The van der Waals surface area contributed by atoms with E-state index in [-0.39, 0.29) is 0 Å². The summed E-state index contributed by atoms with van der Waals surface area (Å²) in [6.07, 6.45) is -4.43. The van der Waals surface area contributed by atoms with Crippen molar-refractivity contribution in [1.82, 2.24) is 9.55 Å². The number of hydrogen-bond donors (Lipinski definition) is 3. The second-order valence-electron chi connectivity index (χ2n) is 5.27. The second kappa shape index (κ2) is 7.20. The van der Waals surface area contributed by atoms with Gasteiger partial charge in [0.05, 0.1) is 0 Å². The molecule has 0 aliphatic carbocycles. The molecule has 2 heterocycles. The van der Waals surface area contributed by atoms with Crippen LogP contribution in [0.4, 0.5) is 0 Å². The zero-order valence-corrected chi connectivity index (χ0v) is 14.2. The molecule has 0 aromatic carbocycles. The molecule has 0 saturated carbocycles. The van der Waals surface area contributed by atoms with Crippen molar-refractivity contribution in [3.05, 3.63) is 33.1 Å². The molecule has 1 saturated heterocycles. The lowest BCUT2D eigenvalue weighted by Crippen LogP contribution is -2.51. The first-order chi connectivity index (χ1) is 11.5. The molecular weight excluding hydrogens is 357 g/mol. The third-order valence-electron chi connectivity index (χ3n) is 3.53. The molecule has 11 nitrogen and oxygen atoms in total. The topological polar surface area (TPSA) is 149 Å². The molecule has 25 heavy (non-hydrogen) atoms. The smallest absolute Gasteiger partial charge is 0.406 e. The van der Waals surface area contributed by atoms with Gasteiger partial charge in [0.2, 0.25) is 0 Å². The van der Waals surface area contributed by atoms with E-state index >= 15 is 0 Å². The minimum atomic E-state index is -4.55. The molecule has 0 spiro atoms. The number of aromatic amines is 1. The van der Waals surface area contributed by atoms with Crippen LogP contribution in [-0.4, -0.2) is 73.2 Å². The fourth-order valence-electron chi connectivity index (χ4n) is 2.43. The summed E-state index contributed by atoms with van der Waals surface area (Å²) in [6.45, 7) is 0. The van der Waals surface area contributed by atoms with Crippen molar-refractivity contribution < 1.29 is 33.1 Å². The van der Waals surface area contributed by atoms with E-state index in [0.29, 0.717) is 0 Å². The zero-order chi connectivity index (χ0) is 19.0. The summed E-state index contributed by atoms with van der Waals surface area (Å²) in [5.41, 5.74) is -1.50. The maximum absolute atomic E-state index is 12.0. The lowest BCUT2D eigenvalue weighted by atomic mass is 9.61. The first-order valence-electron chi connectivity index (χ1n) is 6.87. The monoisotopic (exact) mass is 372 g/mol. The van der Waals surface area contributed by atoms with Crippen LogP contribution in [0.25, 0.3) is 0 Å². The molecule has 1 aromatic heterocycles. The molecule has 1 aliphatic rings. The first-order valence-corrected chi connectivity index (χ1v) is 8.36. The fourth-order valence-corrected chi connectivity index (χ4v) is 3.05. The van der Waals surface area contributed by atoms with E-state index in [0.717, 1.165) is 23.9 Å². The second-order valence-corrected chi connectivity index (χ2v) is 6.79. The van der Waals surface area contributed by atoms with E-state index in [1.807, 2.05) is 4.98 Å². The molecule has 5 unspecified atom stereocenters. The Hall–Kier alpha value is -1.20. The highest BCUT2D eigenvalue weighted by atomic mass is 31.2. The highest BCUT2D eigenvalue weighted by Gasteiger charge is 2.54. The van der Waals surface area contributed by atoms with Gasteiger partial charge in [-0.3, -0.25) is 23.4 Å². The molecule has 14 heteroatoms. The van der Waals surface area contributed by atoms with Gasteiger partial charge < -0.3 is 19.5 Å². The van der Waals surface area contributed by atoms with Crippen molar-refractivity contribution >= 4 is 23.5 Å². The average Bonchev–Trinajstić information content (AvgIpc) is 2.85. The molecule has 0 bridgehead atoms. The van der Waals surface area contributed by atoms with Crippen LogP contribution in [0.5, 0.6) is 0 Å². The Morgan fingerprint density at radius 3 is 2.48 bits per heavy atom. The number of phosphoric acid groups is 1. The number of nitrogens with zero attached hydrogens (tertiary/aromatic N) is 1. The Kier molecular flexibility index (Phi) is 5.79. The highest BCUT2D eigenvalue weighted by molar-refractivity contribution is 7.47. The van der Waals surface area contributed by atoms with Gasteiger partial charge in [0.15, 0.2) is 6.23 Å². The summed E-state index contributed by atoms with van der Waals surface area (Å²) in [6, 6.07) is 1.05. The van der Waals surface area contributed by atoms with Gasteiger partial charge >= 0.3 is 13.5 Å². The molecular formula is C11H15B2N2O9P. The Balaban J connectivity index is 2.48. The number of H-pyrrole nitrogens is 1. The van der Waals surface area contributed by atoms with Crippen LogP contribution >= 0.6 is 7.82 Å². The van der Waals surface area contributed by atoms with Crippen molar-refractivity contribution in [3.8, 4) is 0 Å². The Morgan fingerprint density at radius 2 is 2.00 bits per heavy atom. The zero-order valence-electron chi connectivity index (χ0n) is 13.3. The maximum Gasteiger partial charge on any atom is 0.472 e. The van der Waals surface area contributed by atoms with Gasteiger partial charge in [-0.15, -0.1) is 0 Å². The van der Waals surface area contributed by atoms with Gasteiger partial charge in [-0.2, -0.15) is 0 Å². The van der Waals surface area contributed by atoms with E-state index in [9.17, 15) is 24.2 Å². The number of hydrogen-bond acceptors (Lipinski definition) is 8. The number of aliphatic hydroxyl groups is 1. The van der Waals surface area contributed by atoms with E-state index in [2.05, 4.69) is 4.52 Å². The molecule has 3 N–H and O–H groups in total. The van der Waals surface area contributed by atoms with Crippen molar-refractivity contribution in [2.75, 3.05) is 14.2 Å². The fraction of sp³-hybridized carbons (Fsp3) is 0.636. The molecule has 1 fully saturated rings. The normalized spacial score (nSPS) is 29.4. The standard InChI is InChI=1S/C11H15B2N2O9P/c1-21-7-6(24-25(19,20)22-2)8(11(12,13)18)23-9(7)15-4-3-5(16)14-10(15)17/h3-4,6-9,18H,1-2H3,(H,19,20)(H,14,16,17). The number of methoxy groups -OCH3 is 1. The van der Waals surface area contributed by atoms with Gasteiger partial charge in [-0.1, -0.05) is 0 Å². The number of phosphoric ester groups is 1. The van der Waals surface area contributed by atoms with Crippen LogP contribution in [0, 0.1) is 0 Å². The Bertz CT molecular complexity index is 776. The third-order valence-corrected chi connectivity index (χ3v) is 4.50. The predicted octanol–water partition coefficient (Wildman–Crippen LogP) is -2.44. The summed E-state index contributed by atoms with van der Waals surface area (Å²) in [5.74, 6) is 0. The van der Waals surface area contributed by atoms with Crippen molar-refractivity contribution in [2.45, 2.75) is 29.9 Å². The quantitative estimate of drug-likeness (QED) is 0.366.